The van der Waals surface area contributed by atoms with Crippen LogP contribution in [0.15, 0.2) is 24.3 Å². The first-order valence-corrected chi connectivity index (χ1v) is 7.50. The van der Waals surface area contributed by atoms with Crippen molar-refractivity contribution in [2.75, 3.05) is 39.9 Å². The number of nitrogens with one attached hydrogen (secondary N) is 1. The molecule has 0 radical (unpaired) electrons. The van der Waals surface area contributed by atoms with Crippen molar-refractivity contribution in [2.24, 2.45) is 0 Å². The molecule has 2 rings (SSSR count). The Kier molecular flexibility index (Phi) is 6.30. The van der Waals surface area contributed by atoms with Crippen molar-refractivity contribution in [1.29, 1.82) is 0 Å². The van der Waals surface area contributed by atoms with E-state index in [1.165, 1.54) is 5.56 Å². The average Bonchev–Trinajstić information content (AvgIpc) is 2.46. The number of morpholine rings is 1. The predicted molar refractivity (Wildman–Crippen MR) is 81.2 cm³/mol. The molecule has 1 N–H and O–H groups in total. The normalized spacial score (nSPS) is 20.0. The summed E-state index contributed by atoms with van der Waals surface area (Å²) < 4.78 is 11.4. The number of rotatable bonds is 7. The van der Waals surface area contributed by atoms with Crippen LogP contribution in [0.25, 0.3) is 0 Å². The van der Waals surface area contributed by atoms with Gasteiger partial charge >= 0.3 is 0 Å². The van der Waals surface area contributed by atoms with E-state index >= 15 is 0 Å². The van der Waals surface area contributed by atoms with E-state index in [-0.39, 0.29) is 0 Å². The van der Waals surface area contributed by atoms with Crippen molar-refractivity contribution >= 4 is 0 Å². The zero-order valence-electron chi connectivity index (χ0n) is 12.6. The Morgan fingerprint density at radius 2 is 2.35 bits per heavy atom. The number of benzene rings is 1. The van der Waals surface area contributed by atoms with Crippen molar-refractivity contribution in [2.45, 2.75) is 26.0 Å². The molecular weight excluding hydrogens is 252 g/mol. The first-order chi connectivity index (χ1) is 9.78. The maximum Gasteiger partial charge on any atom is 0.119 e. The quantitative estimate of drug-likeness (QED) is 0.826. The molecule has 1 saturated heterocycles. The maximum absolute atomic E-state index is 5.73. The van der Waals surface area contributed by atoms with Crippen LogP contribution in [0.4, 0.5) is 0 Å². The van der Waals surface area contributed by atoms with E-state index < -0.39 is 0 Å². The number of nitrogens with zero attached hydrogens (tertiary/aromatic N) is 1. The second-order valence-electron chi connectivity index (χ2n) is 5.38. The Balaban J connectivity index is 1.73. The minimum Gasteiger partial charge on any atom is -0.494 e. The van der Waals surface area contributed by atoms with Gasteiger partial charge in [0, 0.05) is 26.2 Å². The number of hydrogen-bond acceptors (Lipinski definition) is 4. The van der Waals surface area contributed by atoms with Crippen molar-refractivity contribution < 1.29 is 9.47 Å². The summed E-state index contributed by atoms with van der Waals surface area (Å²) in [7, 11) is 2.14. The van der Waals surface area contributed by atoms with Crippen LogP contribution in [-0.2, 0) is 11.3 Å². The maximum atomic E-state index is 5.73. The highest BCUT2D eigenvalue weighted by atomic mass is 16.5. The molecule has 1 unspecified atom stereocenters. The first kappa shape index (κ1) is 15.3. The fraction of sp³-hybridized carbons (Fsp3) is 0.625. The smallest absolute Gasteiger partial charge is 0.119 e. The van der Waals surface area contributed by atoms with Gasteiger partial charge in [0.15, 0.2) is 0 Å². The third-order valence-corrected chi connectivity index (χ3v) is 3.41. The lowest BCUT2D eigenvalue weighted by Gasteiger charge is -2.30. The summed E-state index contributed by atoms with van der Waals surface area (Å²) in [4.78, 5) is 2.31. The summed E-state index contributed by atoms with van der Waals surface area (Å²) in [6.45, 7) is 7.52. The molecule has 112 valence electrons. The first-order valence-electron chi connectivity index (χ1n) is 7.50. The monoisotopic (exact) mass is 278 g/mol. The summed E-state index contributed by atoms with van der Waals surface area (Å²) in [5.41, 5.74) is 1.25. The minimum atomic E-state index is 0.299. The van der Waals surface area contributed by atoms with E-state index in [1.54, 1.807) is 0 Å². The summed E-state index contributed by atoms with van der Waals surface area (Å²) in [6, 6.07) is 8.29. The van der Waals surface area contributed by atoms with Crippen LogP contribution in [0, 0.1) is 0 Å². The van der Waals surface area contributed by atoms with Gasteiger partial charge in [0.25, 0.3) is 0 Å². The van der Waals surface area contributed by atoms with Gasteiger partial charge < -0.3 is 19.7 Å². The molecule has 0 bridgehead atoms. The molecule has 1 aromatic carbocycles. The molecule has 20 heavy (non-hydrogen) atoms. The second kappa shape index (κ2) is 8.25. The molecule has 1 aliphatic heterocycles. The van der Waals surface area contributed by atoms with Crippen LogP contribution in [0.1, 0.15) is 18.9 Å². The Hall–Kier alpha value is -1.10. The second-order valence-corrected chi connectivity index (χ2v) is 5.38. The molecule has 4 nitrogen and oxygen atoms in total. The molecular formula is C16H26N2O2. The largest absolute Gasteiger partial charge is 0.494 e. The SMILES string of the molecule is CCCOc1cccc(CNCC2CN(C)CCO2)c1. The van der Waals surface area contributed by atoms with Gasteiger partial charge in [-0.25, -0.2) is 0 Å². The fourth-order valence-corrected chi connectivity index (χ4v) is 2.33. The van der Waals surface area contributed by atoms with Gasteiger partial charge in [-0.3, -0.25) is 0 Å². The van der Waals surface area contributed by atoms with Gasteiger partial charge in [-0.1, -0.05) is 19.1 Å². The van der Waals surface area contributed by atoms with Gasteiger partial charge in [0.2, 0.25) is 0 Å². The lowest BCUT2D eigenvalue weighted by molar-refractivity contribution is -0.0182. The van der Waals surface area contributed by atoms with Gasteiger partial charge in [-0.2, -0.15) is 0 Å². The Morgan fingerprint density at radius 3 is 3.15 bits per heavy atom. The lowest BCUT2D eigenvalue weighted by atomic mass is 10.2. The third-order valence-electron chi connectivity index (χ3n) is 3.41. The minimum absolute atomic E-state index is 0.299. The third kappa shape index (κ3) is 5.12. The van der Waals surface area contributed by atoms with Crippen molar-refractivity contribution in [3.8, 4) is 5.75 Å². The van der Waals surface area contributed by atoms with Crippen LogP contribution < -0.4 is 10.1 Å². The van der Waals surface area contributed by atoms with Crippen molar-refractivity contribution in [1.82, 2.24) is 10.2 Å². The Labute approximate surface area is 122 Å². The molecule has 0 aromatic heterocycles. The highest BCUT2D eigenvalue weighted by Gasteiger charge is 2.16. The highest BCUT2D eigenvalue weighted by Crippen LogP contribution is 2.13. The molecule has 0 aliphatic carbocycles. The van der Waals surface area contributed by atoms with Gasteiger partial charge in [0.05, 0.1) is 19.3 Å². The number of likely N-dealkylation sites (N-methyl/N-ethyl adjacent to an activating group) is 1. The van der Waals surface area contributed by atoms with Gasteiger partial charge in [-0.05, 0) is 31.2 Å². The summed E-state index contributed by atoms with van der Waals surface area (Å²) >= 11 is 0. The molecule has 0 amide bonds. The van der Waals surface area contributed by atoms with Crippen molar-refractivity contribution in [3.63, 3.8) is 0 Å². The molecule has 1 aliphatic rings. The fourth-order valence-electron chi connectivity index (χ4n) is 2.33. The van der Waals surface area contributed by atoms with Gasteiger partial charge in [0.1, 0.15) is 5.75 Å². The number of hydrogen-bond donors (Lipinski definition) is 1. The number of ether oxygens (including phenoxy) is 2. The summed E-state index contributed by atoms with van der Waals surface area (Å²) in [5.74, 6) is 0.958. The molecule has 0 spiro atoms. The molecule has 1 atom stereocenters. The topological polar surface area (TPSA) is 33.7 Å². The predicted octanol–water partition coefficient (Wildman–Crippen LogP) is 1.90. The van der Waals surface area contributed by atoms with E-state index in [0.717, 1.165) is 51.6 Å². The Bertz CT molecular complexity index is 398. The molecule has 1 aromatic rings. The van der Waals surface area contributed by atoms with E-state index in [4.69, 9.17) is 9.47 Å². The summed E-state index contributed by atoms with van der Waals surface area (Å²) in [5, 5.41) is 3.47. The standard InChI is InChI=1S/C16H26N2O2/c1-3-8-19-15-6-4-5-14(10-15)11-17-12-16-13-18(2)7-9-20-16/h4-6,10,16-17H,3,7-9,11-13H2,1-2H3. The summed E-state index contributed by atoms with van der Waals surface area (Å²) in [6.07, 6.45) is 1.34. The van der Waals surface area contributed by atoms with Crippen molar-refractivity contribution in [3.05, 3.63) is 29.8 Å². The van der Waals surface area contributed by atoms with Crippen LogP contribution in [0.3, 0.4) is 0 Å². The molecule has 1 heterocycles. The van der Waals surface area contributed by atoms with Crippen LogP contribution in [0.5, 0.6) is 5.75 Å². The molecule has 1 fully saturated rings. The molecule has 0 saturated carbocycles. The van der Waals surface area contributed by atoms with E-state index in [2.05, 4.69) is 36.3 Å². The van der Waals surface area contributed by atoms with Crippen LogP contribution in [-0.4, -0.2) is 50.9 Å². The highest BCUT2D eigenvalue weighted by molar-refractivity contribution is 5.28. The van der Waals surface area contributed by atoms with Crippen LogP contribution >= 0.6 is 0 Å². The molecule has 4 heteroatoms. The van der Waals surface area contributed by atoms with Gasteiger partial charge in [-0.15, -0.1) is 0 Å². The average molecular weight is 278 g/mol. The zero-order valence-corrected chi connectivity index (χ0v) is 12.6. The Morgan fingerprint density at radius 1 is 1.45 bits per heavy atom. The van der Waals surface area contributed by atoms with E-state index in [1.807, 2.05) is 12.1 Å². The van der Waals surface area contributed by atoms with E-state index in [9.17, 15) is 0 Å². The lowest BCUT2D eigenvalue weighted by Crippen LogP contribution is -2.44. The van der Waals surface area contributed by atoms with E-state index in [0.29, 0.717) is 6.10 Å². The zero-order chi connectivity index (χ0) is 14.2. The van der Waals surface area contributed by atoms with Crippen LogP contribution in [0.2, 0.25) is 0 Å².